The molecule has 0 bridgehead atoms. The third kappa shape index (κ3) is 4.28. The fraction of sp³-hybridized carbons (Fsp3) is 0.455. The van der Waals surface area contributed by atoms with E-state index in [1.807, 2.05) is 6.07 Å². The van der Waals surface area contributed by atoms with Gasteiger partial charge in [0, 0.05) is 13.7 Å². The molecule has 0 amide bonds. The lowest BCUT2D eigenvalue weighted by atomic mass is 10.1. The first kappa shape index (κ1) is 12.6. The van der Waals surface area contributed by atoms with Gasteiger partial charge in [-0.05, 0) is 40.5 Å². The van der Waals surface area contributed by atoms with E-state index in [9.17, 15) is 4.39 Å². The van der Waals surface area contributed by atoms with Gasteiger partial charge in [0.15, 0.2) is 0 Å². The predicted molar refractivity (Wildman–Crippen MR) is 62.5 cm³/mol. The molecule has 1 aromatic carbocycles. The molecule has 0 aliphatic heterocycles. The van der Waals surface area contributed by atoms with Gasteiger partial charge in [0.1, 0.15) is 5.82 Å². The van der Waals surface area contributed by atoms with Crippen molar-refractivity contribution in [3.05, 3.63) is 34.1 Å². The Bertz CT molecular complexity index is 307. The molecule has 0 aromatic heterocycles. The lowest BCUT2D eigenvalue weighted by Gasteiger charge is -2.06. The van der Waals surface area contributed by atoms with Crippen LogP contribution in [0.25, 0.3) is 0 Å². The van der Waals surface area contributed by atoms with Crippen LogP contribution in [0.3, 0.4) is 0 Å². The van der Waals surface area contributed by atoms with Crippen LogP contribution in [0.5, 0.6) is 0 Å². The van der Waals surface area contributed by atoms with Crippen molar-refractivity contribution in [2.75, 3.05) is 26.8 Å². The van der Waals surface area contributed by atoms with Crippen molar-refractivity contribution in [2.24, 2.45) is 0 Å². The van der Waals surface area contributed by atoms with E-state index in [1.165, 1.54) is 0 Å². The molecule has 1 N–H and O–H groups in total. The Labute approximate surface area is 98.0 Å². The molecule has 0 saturated carbocycles. The van der Waals surface area contributed by atoms with Crippen LogP contribution in [0, 0.1) is 5.82 Å². The first-order valence-electron chi connectivity index (χ1n) is 4.88. The monoisotopic (exact) mass is 275 g/mol. The van der Waals surface area contributed by atoms with E-state index in [4.69, 9.17) is 4.74 Å². The quantitative estimate of drug-likeness (QED) is 0.805. The summed E-state index contributed by atoms with van der Waals surface area (Å²) in [6.45, 7) is 2.24. The largest absolute Gasteiger partial charge is 0.383 e. The Balaban J connectivity index is 2.34. The average molecular weight is 276 g/mol. The molecule has 0 atom stereocenters. The molecule has 0 spiro atoms. The molecule has 0 radical (unpaired) electrons. The van der Waals surface area contributed by atoms with Gasteiger partial charge in [-0.25, -0.2) is 4.39 Å². The molecule has 1 aromatic rings. The molecule has 15 heavy (non-hydrogen) atoms. The van der Waals surface area contributed by atoms with Gasteiger partial charge in [-0.2, -0.15) is 0 Å². The van der Waals surface area contributed by atoms with Crippen molar-refractivity contribution in [1.29, 1.82) is 0 Å². The second kappa shape index (κ2) is 6.93. The van der Waals surface area contributed by atoms with Crippen molar-refractivity contribution < 1.29 is 9.13 Å². The zero-order chi connectivity index (χ0) is 11.1. The molecule has 0 fully saturated rings. The lowest BCUT2D eigenvalue weighted by Crippen LogP contribution is -2.22. The maximum absolute atomic E-state index is 13.5. The van der Waals surface area contributed by atoms with Crippen LogP contribution >= 0.6 is 15.9 Å². The van der Waals surface area contributed by atoms with Gasteiger partial charge in [0.05, 0.1) is 11.1 Å². The number of rotatable bonds is 6. The van der Waals surface area contributed by atoms with E-state index in [1.54, 1.807) is 19.2 Å². The van der Waals surface area contributed by atoms with Crippen molar-refractivity contribution in [3.63, 3.8) is 0 Å². The Kier molecular flexibility index (Phi) is 5.83. The molecule has 0 unspecified atom stereocenters. The summed E-state index contributed by atoms with van der Waals surface area (Å²) in [4.78, 5) is 0. The van der Waals surface area contributed by atoms with Crippen LogP contribution in [0.1, 0.15) is 5.56 Å². The number of halogens is 2. The minimum Gasteiger partial charge on any atom is -0.383 e. The molecule has 2 nitrogen and oxygen atoms in total. The van der Waals surface area contributed by atoms with Crippen LogP contribution in [0.4, 0.5) is 4.39 Å². The molecular weight excluding hydrogens is 261 g/mol. The van der Waals surface area contributed by atoms with E-state index in [0.29, 0.717) is 17.5 Å². The smallest absolute Gasteiger partial charge is 0.140 e. The summed E-state index contributed by atoms with van der Waals surface area (Å²) in [6.07, 6.45) is 0.689. The third-order valence-corrected chi connectivity index (χ3v) is 2.70. The highest BCUT2D eigenvalue weighted by Crippen LogP contribution is 2.18. The Morgan fingerprint density at radius 3 is 2.93 bits per heavy atom. The number of hydrogen-bond donors (Lipinski definition) is 1. The highest BCUT2D eigenvalue weighted by Gasteiger charge is 2.04. The van der Waals surface area contributed by atoms with Crippen LogP contribution in [-0.2, 0) is 11.2 Å². The number of ether oxygens (including phenoxy) is 1. The third-order valence-electron chi connectivity index (χ3n) is 2.09. The Morgan fingerprint density at radius 1 is 1.40 bits per heavy atom. The maximum Gasteiger partial charge on any atom is 0.140 e. The SMILES string of the molecule is COCCNCCc1cccc(Br)c1F. The molecule has 0 aliphatic rings. The lowest BCUT2D eigenvalue weighted by molar-refractivity contribution is 0.199. The number of nitrogens with one attached hydrogen (secondary N) is 1. The fourth-order valence-electron chi connectivity index (χ4n) is 1.26. The summed E-state index contributed by atoms with van der Waals surface area (Å²) < 4.78 is 18.9. The van der Waals surface area contributed by atoms with Gasteiger partial charge in [-0.15, -0.1) is 0 Å². The number of benzene rings is 1. The van der Waals surface area contributed by atoms with E-state index in [0.717, 1.165) is 18.7 Å². The minimum atomic E-state index is -0.161. The summed E-state index contributed by atoms with van der Waals surface area (Å²) in [5.41, 5.74) is 0.731. The molecule has 4 heteroatoms. The zero-order valence-electron chi connectivity index (χ0n) is 8.72. The predicted octanol–water partition coefficient (Wildman–Crippen LogP) is 2.37. The molecule has 0 aliphatic carbocycles. The van der Waals surface area contributed by atoms with Crippen molar-refractivity contribution >= 4 is 15.9 Å². The standard InChI is InChI=1S/C11H15BrFNO/c1-15-8-7-14-6-5-9-3-2-4-10(12)11(9)13/h2-4,14H,5-8H2,1H3. The summed E-state index contributed by atoms with van der Waals surface area (Å²) in [5.74, 6) is -0.161. The van der Waals surface area contributed by atoms with Crippen LogP contribution < -0.4 is 5.32 Å². The first-order chi connectivity index (χ1) is 7.25. The van der Waals surface area contributed by atoms with E-state index in [-0.39, 0.29) is 5.82 Å². The molecular formula is C11H15BrFNO. The van der Waals surface area contributed by atoms with Gasteiger partial charge in [-0.3, -0.25) is 0 Å². The molecule has 1 rings (SSSR count). The van der Waals surface area contributed by atoms with Crippen LogP contribution in [0.2, 0.25) is 0 Å². The van der Waals surface area contributed by atoms with Gasteiger partial charge < -0.3 is 10.1 Å². The molecule has 0 heterocycles. The highest BCUT2D eigenvalue weighted by molar-refractivity contribution is 9.10. The van der Waals surface area contributed by atoms with Gasteiger partial charge in [-0.1, -0.05) is 12.1 Å². The highest BCUT2D eigenvalue weighted by atomic mass is 79.9. The van der Waals surface area contributed by atoms with Gasteiger partial charge >= 0.3 is 0 Å². The summed E-state index contributed by atoms with van der Waals surface area (Å²) in [5, 5.41) is 3.17. The van der Waals surface area contributed by atoms with E-state index >= 15 is 0 Å². The van der Waals surface area contributed by atoms with Crippen molar-refractivity contribution in [2.45, 2.75) is 6.42 Å². The summed E-state index contributed by atoms with van der Waals surface area (Å²) >= 11 is 3.16. The summed E-state index contributed by atoms with van der Waals surface area (Å²) in [7, 11) is 1.66. The topological polar surface area (TPSA) is 21.3 Å². The number of methoxy groups -OCH3 is 1. The fourth-order valence-corrected chi connectivity index (χ4v) is 1.67. The van der Waals surface area contributed by atoms with Crippen LogP contribution in [-0.4, -0.2) is 26.8 Å². The van der Waals surface area contributed by atoms with Gasteiger partial charge in [0.25, 0.3) is 0 Å². The van der Waals surface area contributed by atoms with E-state index < -0.39 is 0 Å². The second-order valence-electron chi connectivity index (χ2n) is 3.21. The molecule has 84 valence electrons. The Hall–Kier alpha value is -0.450. The van der Waals surface area contributed by atoms with Gasteiger partial charge in [0.2, 0.25) is 0 Å². The van der Waals surface area contributed by atoms with Crippen molar-refractivity contribution in [1.82, 2.24) is 5.32 Å². The average Bonchev–Trinajstić information content (AvgIpc) is 2.24. The second-order valence-corrected chi connectivity index (χ2v) is 4.06. The first-order valence-corrected chi connectivity index (χ1v) is 5.67. The maximum atomic E-state index is 13.5. The summed E-state index contributed by atoms with van der Waals surface area (Å²) in [6, 6.07) is 5.35. The molecule has 0 saturated heterocycles. The Morgan fingerprint density at radius 2 is 2.20 bits per heavy atom. The normalized spacial score (nSPS) is 10.6. The van der Waals surface area contributed by atoms with Crippen LogP contribution in [0.15, 0.2) is 22.7 Å². The minimum absolute atomic E-state index is 0.161. The number of hydrogen-bond acceptors (Lipinski definition) is 2. The van der Waals surface area contributed by atoms with E-state index in [2.05, 4.69) is 21.2 Å². The van der Waals surface area contributed by atoms with Crippen molar-refractivity contribution in [3.8, 4) is 0 Å². The zero-order valence-corrected chi connectivity index (χ0v) is 10.3.